The van der Waals surface area contributed by atoms with E-state index in [1.807, 2.05) is 53.2 Å². The van der Waals surface area contributed by atoms with Crippen molar-refractivity contribution in [2.75, 3.05) is 5.75 Å². The molecule has 0 unspecified atom stereocenters. The highest BCUT2D eigenvalue weighted by molar-refractivity contribution is 7.99. The molecule has 1 N–H and O–H groups in total. The van der Waals surface area contributed by atoms with Gasteiger partial charge in [0.05, 0.1) is 17.5 Å². The molecule has 0 radical (unpaired) electrons. The van der Waals surface area contributed by atoms with E-state index in [9.17, 15) is 9.59 Å². The quantitative estimate of drug-likeness (QED) is 0.485. The van der Waals surface area contributed by atoms with Gasteiger partial charge in [0.1, 0.15) is 0 Å². The van der Waals surface area contributed by atoms with Crippen LogP contribution in [-0.2, 0) is 10.5 Å². The van der Waals surface area contributed by atoms with Gasteiger partial charge in [-0.3, -0.25) is 14.0 Å². The Morgan fingerprint density at radius 1 is 1.14 bits per heavy atom. The maximum atomic E-state index is 12.5. The van der Waals surface area contributed by atoms with Gasteiger partial charge in [0.2, 0.25) is 5.91 Å². The molecule has 1 atom stereocenters. The Hall–Kier alpha value is -2.42. The molecule has 0 bridgehead atoms. The molecule has 1 aromatic carbocycles. The molecule has 0 saturated carbocycles. The second-order valence-electron chi connectivity index (χ2n) is 6.06. The van der Waals surface area contributed by atoms with E-state index >= 15 is 0 Å². The first-order chi connectivity index (χ1) is 13.7. The largest absolute Gasteiger partial charge is 0.344 e. The van der Waals surface area contributed by atoms with E-state index in [1.165, 1.54) is 33.6 Å². The van der Waals surface area contributed by atoms with Crippen molar-refractivity contribution in [2.45, 2.75) is 11.8 Å². The van der Waals surface area contributed by atoms with Crippen LogP contribution in [0.15, 0.2) is 70.3 Å². The molecule has 0 aliphatic rings. The van der Waals surface area contributed by atoms with Crippen molar-refractivity contribution in [1.29, 1.82) is 0 Å². The third-order valence-electron chi connectivity index (χ3n) is 4.11. The lowest BCUT2D eigenvalue weighted by Crippen LogP contribution is -2.30. The number of hydrogen-bond acceptors (Lipinski definition) is 6. The molecule has 1 amide bonds. The third kappa shape index (κ3) is 4.35. The fourth-order valence-corrected chi connectivity index (χ4v) is 5.10. The molecule has 5 nitrogen and oxygen atoms in total. The minimum Gasteiger partial charge on any atom is -0.344 e. The zero-order valence-corrected chi connectivity index (χ0v) is 17.2. The third-order valence-corrected chi connectivity index (χ3v) is 6.77. The first-order valence-corrected chi connectivity index (χ1v) is 11.5. The van der Waals surface area contributed by atoms with E-state index in [1.54, 1.807) is 17.5 Å². The van der Waals surface area contributed by atoms with Crippen molar-refractivity contribution in [3.8, 4) is 0 Å². The highest BCUT2D eigenvalue weighted by Crippen LogP contribution is 2.26. The van der Waals surface area contributed by atoms with Crippen LogP contribution in [0.2, 0.25) is 0 Å². The predicted molar refractivity (Wildman–Crippen MR) is 116 cm³/mol. The smallest absolute Gasteiger partial charge is 0.258 e. The molecular weight excluding hydrogens is 410 g/mol. The molecule has 8 heteroatoms. The first kappa shape index (κ1) is 18.9. The van der Waals surface area contributed by atoms with Gasteiger partial charge >= 0.3 is 0 Å². The lowest BCUT2D eigenvalue weighted by molar-refractivity contribution is -0.119. The number of rotatable bonds is 7. The number of nitrogens with one attached hydrogen (secondary N) is 1. The van der Waals surface area contributed by atoms with Crippen molar-refractivity contribution in [1.82, 2.24) is 14.7 Å². The molecule has 3 aromatic heterocycles. The van der Waals surface area contributed by atoms with Gasteiger partial charge in [-0.2, -0.15) is 0 Å². The lowest BCUT2D eigenvalue weighted by atomic mass is 10.1. The van der Waals surface area contributed by atoms with Crippen LogP contribution >= 0.6 is 34.4 Å². The zero-order chi connectivity index (χ0) is 19.3. The standard InChI is InChI=1S/C20H17N3O2S3/c24-17(13-26-12-15-11-18(25)23-8-10-28-20(23)21-15)22-19(16-7-4-9-27-16)14-5-2-1-3-6-14/h1-11,19H,12-13H2,(H,22,24)/t19-/m1/s1. The number of thioether (sulfide) groups is 1. The van der Waals surface area contributed by atoms with Gasteiger partial charge in [0, 0.05) is 28.3 Å². The monoisotopic (exact) mass is 427 g/mol. The number of carbonyl (C=O) groups excluding carboxylic acids is 1. The SMILES string of the molecule is O=C(CSCc1cc(=O)n2ccsc2n1)N[C@H](c1ccccc1)c1cccs1. The van der Waals surface area contributed by atoms with E-state index < -0.39 is 0 Å². The van der Waals surface area contributed by atoms with Crippen LogP contribution < -0.4 is 10.9 Å². The summed E-state index contributed by atoms with van der Waals surface area (Å²) in [5.41, 5.74) is 1.66. The van der Waals surface area contributed by atoms with Crippen LogP contribution in [0.3, 0.4) is 0 Å². The summed E-state index contributed by atoms with van der Waals surface area (Å²) in [6, 6.07) is 15.3. The molecule has 142 valence electrons. The number of carbonyl (C=O) groups is 1. The number of hydrogen-bond donors (Lipinski definition) is 1. The number of benzene rings is 1. The Morgan fingerprint density at radius 2 is 2.00 bits per heavy atom. The molecule has 28 heavy (non-hydrogen) atoms. The average molecular weight is 428 g/mol. The Morgan fingerprint density at radius 3 is 2.79 bits per heavy atom. The van der Waals surface area contributed by atoms with Crippen LogP contribution in [-0.4, -0.2) is 21.0 Å². The fourth-order valence-electron chi connectivity index (χ4n) is 2.83. The molecule has 0 fully saturated rings. The normalized spacial score (nSPS) is 12.1. The summed E-state index contributed by atoms with van der Waals surface area (Å²) in [7, 11) is 0. The lowest BCUT2D eigenvalue weighted by Gasteiger charge is -2.18. The number of nitrogens with zero attached hydrogens (tertiary/aromatic N) is 2. The van der Waals surface area contributed by atoms with Gasteiger partial charge in [-0.25, -0.2) is 4.98 Å². The number of aromatic nitrogens is 2. The van der Waals surface area contributed by atoms with Crippen LogP contribution in [0.25, 0.3) is 4.96 Å². The second kappa shape index (κ2) is 8.72. The van der Waals surface area contributed by atoms with Gasteiger partial charge in [0.25, 0.3) is 5.56 Å². The Labute approximate surface area is 174 Å². The molecule has 0 aliphatic heterocycles. The average Bonchev–Trinajstić information content (AvgIpc) is 3.39. The highest BCUT2D eigenvalue weighted by atomic mass is 32.2. The van der Waals surface area contributed by atoms with Gasteiger partial charge in [-0.05, 0) is 17.0 Å². The van der Waals surface area contributed by atoms with E-state index in [2.05, 4.69) is 10.3 Å². The predicted octanol–water partition coefficient (Wildman–Crippen LogP) is 3.96. The second-order valence-corrected chi connectivity index (χ2v) is 8.90. The van der Waals surface area contributed by atoms with Gasteiger partial charge in [-0.15, -0.1) is 34.4 Å². The van der Waals surface area contributed by atoms with Gasteiger partial charge < -0.3 is 5.32 Å². The maximum absolute atomic E-state index is 12.5. The summed E-state index contributed by atoms with van der Waals surface area (Å²) < 4.78 is 1.52. The van der Waals surface area contributed by atoms with Crippen LogP contribution in [0.4, 0.5) is 0 Å². The topological polar surface area (TPSA) is 63.5 Å². The van der Waals surface area contributed by atoms with Crippen molar-refractivity contribution >= 4 is 45.3 Å². The summed E-state index contributed by atoms with van der Waals surface area (Å²) in [6.07, 6.45) is 1.72. The zero-order valence-electron chi connectivity index (χ0n) is 14.8. The summed E-state index contributed by atoms with van der Waals surface area (Å²) >= 11 is 4.50. The minimum absolute atomic E-state index is 0.0406. The summed E-state index contributed by atoms with van der Waals surface area (Å²) in [6.45, 7) is 0. The molecule has 4 aromatic rings. The molecule has 0 aliphatic carbocycles. The van der Waals surface area contributed by atoms with E-state index in [4.69, 9.17) is 0 Å². The molecule has 0 saturated heterocycles. The number of thiophene rings is 1. The van der Waals surface area contributed by atoms with Gasteiger partial charge in [0.15, 0.2) is 4.96 Å². The minimum atomic E-state index is -0.153. The summed E-state index contributed by atoms with van der Waals surface area (Å²) in [5, 5.41) is 6.97. The molecule has 3 heterocycles. The van der Waals surface area contributed by atoms with Crippen LogP contribution in [0, 0.1) is 0 Å². The molecular formula is C20H17N3O2S3. The summed E-state index contributed by atoms with van der Waals surface area (Å²) in [5.74, 6) is 0.785. The van der Waals surface area contributed by atoms with E-state index in [0.717, 1.165) is 10.4 Å². The molecule has 4 rings (SSSR count). The van der Waals surface area contributed by atoms with Crippen LogP contribution in [0.1, 0.15) is 22.2 Å². The fraction of sp³-hybridized carbons (Fsp3) is 0.150. The highest BCUT2D eigenvalue weighted by Gasteiger charge is 2.17. The van der Waals surface area contributed by atoms with Gasteiger partial charge in [-0.1, -0.05) is 36.4 Å². The van der Waals surface area contributed by atoms with Crippen molar-refractivity contribution in [3.05, 3.63) is 92.0 Å². The Balaban J connectivity index is 1.39. The molecule has 0 spiro atoms. The Bertz CT molecular complexity index is 1120. The maximum Gasteiger partial charge on any atom is 0.258 e. The van der Waals surface area contributed by atoms with Crippen molar-refractivity contribution in [3.63, 3.8) is 0 Å². The van der Waals surface area contributed by atoms with Crippen molar-refractivity contribution in [2.24, 2.45) is 0 Å². The van der Waals surface area contributed by atoms with E-state index in [-0.39, 0.29) is 17.5 Å². The summed E-state index contributed by atoms with van der Waals surface area (Å²) in [4.78, 5) is 30.8. The number of thiazole rings is 1. The number of amides is 1. The first-order valence-electron chi connectivity index (χ1n) is 8.62. The Kier molecular flexibility index (Phi) is 5.90. The van der Waals surface area contributed by atoms with E-state index in [0.29, 0.717) is 22.2 Å². The number of fused-ring (bicyclic) bond motifs is 1. The van der Waals surface area contributed by atoms with Crippen molar-refractivity contribution < 1.29 is 4.79 Å². The van der Waals surface area contributed by atoms with Crippen LogP contribution in [0.5, 0.6) is 0 Å².